The number of carbonyl (C=O) groups excluding carboxylic acids is 1. The quantitative estimate of drug-likeness (QED) is 0.438. The molecule has 0 radical (unpaired) electrons. The number of fused-ring (bicyclic) bond motifs is 1. The number of nitrogens with zero attached hydrogens (tertiary/aromatic N) is 3. The number of thiophene rings is 1. The van der Waals surface area contributed by atoms with E-state index in [0.717, 1.165) is 32.0 Å². The van der Waals surface area contributed by atoms with Gasteiger partial charge >= 0.3 is 0 Å². The van der Waals surface area contributed by atoms with E-state index in [1.54, 1.807) is 35.9 Å². The Hall–Kier alpha value is -3.45. The second-order valence-electron chi connectivity index (χ2n) is 7.11. The highest BCUT2D eigenvalue weighted by Gasteiger charge is 2.14. The molecule has 4 rings (SSSR count). The molecule has 2 aromatic heterocycles. The number of nitrogens with one attached hydrogen (secondary N) is 1. The Balaban J connectivity index is 1.47. The fourth-order valence-corrected chi connectivity index (χ4v) is 4.27. The lowest BCUT2D eigenvalue weighted by Crippen LogP contribution is -2.25. The van der Waals surface area contributed by atoms with E-state index in [9.17, 15) is 9.90 Å². The number of aromatic hydroxyl groups is 1. The number of hydrogen-bond donors (Lipinski definition) is 2. The molecule has 0 atom stereocenters. The Morgan fingerprint density at radius 3 is 2.70 bits per heavy atom. The third-order valence-electron chi connectivity index (χ3n) is 4.89. The van der Waals surface area contributed by atoms with Gasteiger partial charge in [-0.1, -0.05) is 30.3 Å². The average molecular weight is 419 g/mol. The largest absolute Gasteiger partial charge is 0.508 e. The highest BCUT2D eigenvalue weighted by atomic mass is 32.1. The summed E-state index contributed by atoms with van der Waals surface area (Å²) in [6, 6.07) is 17.2. The Bertz CT molecular complexity index is 1190. The lowest BCUT2D eigenvalue weighted by molar-refractivity contribution is -0.116. The van der Waals surface area contributed by atoms with Gasteiger partial charge in [-0.2, -0.15) is 0 Å². The maximum Gasteiger partial charge on any atom is 0.226 e. The van der Waals surface area contributed by atoms with E-state index < -0.39 is 0 Å². The predicted molar refractivity (Wildman–Crippen MR) is 122 cm³/mol. The van der Waals surface area contributed by atoms with Crippen molar-refractivity contribution in [3.63, 3.8) is 0 Å². The van der Waals surface area contributed by atoms with Gasteiger partial charge < -0.3 is 15.3 Å². The van der Waals surface area contributed by atoms with Gasteiger partial charge in [0.1, 0.15) is 22.7 Å². The second-order valence-corrected chi connectivity index (χ2v) is 8.14. The Labute approximate surface area is 178 Å². The zero-order valence-electron chi connectivity index (χ0n) is 16.8. The summed E-state index contributed by atoms with van der Waals surface area (Å²) in [7, 11) is 1.93. The minimum Gasteiger partial charge on any atom is -0.508 e. The molecule has 6 nitrogen and oxygen atoms in total. The molecule has 2 N–H and O–H groups in total. The van der Waals surface area contributed by atoms with Crippen molar-refractivity contribution in [3.05, 3.63) is 66.5 Å². The molecule has 0 aliphatic carbocycles. The van der Waals surface area contributed by atoms with Crippen molar-refractivity contribution < 1.29 is 9.90 Å². The average Bonchev–Trinajstić information content (AvgIpc) is 3.19. The van der Waals surface area contributed by atoms with E-state index in [-0.39, 0.29) is 11.7 Å². The van der Waals surface area contributed by atoms with Gasteiger partial charge in [0.25, 0.3) is 0 Å². The number of aromatic nitrogens is 2. The monoisotopic (exact) mass is 418 g/mol. The third kappa shape index (κ3) is 4.26. The number of phenols is 1. The fraction of sp³-hybridized carbons (Fsp3) is 0.174. The molecule has 0 fully saturated rings. The van der Waals surface area contributed by atoms with Crippen molar-refractivity contribution in [1.82, 2.24) is 9.97 Å². The summed E-state index contributed by atoms with van der Waals surface area (Å²) in [5.74, 6) is 0.909. The maximum atomic E-state index is 12.4. The van der Waals surface area contributed by atoms with Crippen LogP contribution in [0.15, 0.2) is 60.9 Å². The fourth-order valence-electron chi connectivity index (χ4n) is 3.27. The van der Waals surface area contributed by atoms with Crippen LogP contribution in [-0.4, -0.2) is 34.6 Å². The van der Waals surface area contributed by atoms with E-state index in [1.165, 1.54) is 0 Å². The summed E-state index contributed by atoms with van der Waals surface area (Å²) in [6.45, 7) is 2.37. The number of hydrogen-bond acceptors (Lipinski definition) is 6. The Morgan fingerprint density at radius 2 is 1.93 bits per heavy atom. The number of carbonyl (C=O) groups is 1. The number of amides is 1. The molecule has 2 heterocycles. The number of phenolic OH excluding ortho intramolecular Hbond substituents is 1. The van der Waals surface area contributed by atoms with E-state index in [0.29, 0.717) is 18.7 Å². The van der Waals surface area contributed by atoms with Gasteiger partial charge in [-0.05, 0) is 42.3 Å². The second kappa shape index (κ2) is 8.51. The summed E-state index contributed by atoms with van der Waals surface area (Å²) in [6.07, 6.45) is 1.89. The van der Waals surface area contributed by atoms with Gasteiger partial charge in [0, 0.05) is 30.6 Å². The van der Waals surface area contributed by atoms with Crippen molar-refractivity contribution >= 4 is 39.0 Å². The van der Waals surface area contributed by atoms with E-state index >= 15 is 0 Å². The number of benzene rings is 2. The SMILES string of the molecule is Cc1cc(O)ccc1NC(=O)CCN(C)c1ncnc2sc(-c3ccccc3)cc12. The van der Waals surface area contributed by atoms with Crippen molar-refractivity contribution in [3.8, 4) is 16.2 Å². The van der Waals surface area contributed by atoms with Crippen molar-refractivity contribution in [1.29, 1.82) is 0 Å². The smallest absolute Gasteiger partial charge is 0.226 e. The van der Waals surface area contributed by atoms with Gasteiger partial charge in [0.05, 0.1) is 5.39 Å². The minimum absolute atomic E-state index is 0.0868. The molecule has 1 amide bonds. The lowest BCUT2D eigenvalue weighted by atomic mass is 10.2. The molecule has 0 aliphatic rings. The molecular formula is C23H22N4O2S. The van der Waals surface area contributed by atoms with Gasteiger partial charge in [-0.25, -0.2) is 9.97 Å². The van der Waals surface area contributed by atoms with Gasteiger partial charge in [0.15, 0.2) is 0 Å². The third-order valence-corrected chi connectivity index (χ3v) is 5.98. The summed E-state index contributed by atoms with van der Waals surface area (Å²) in [4.78, 5) is 25.3. The Kier molecular flexibility index (Phi) is 5.63. The molecule has 30 heavy (non-hydrogen) atoms. The molecule has 0 saturated heterocycles. The first-order valence-electron chi connectivity index (χ1n) is 9.62. The molecule has 0 aliphatic heterocycles. The van der Waals surface area contributed by atoms with E-state index in [4.69, 9.17) is 0 Å². The standard InChI is InChI=1S/C23H22N4O2S/c1-15-12-17(28)8-9-19(15)26-21(29)10-11-27(2)22-18-13-20(16-6-4-3-5-7-16)30-23(18)25-14-24-22/h3-9,12-14,28H,10-11H2,1-2H3,(H,26,29). The summed E-state index contributed by atoms with van der Waals surface area (Å²) in [5.41, 5.74) is 2.67. The zero-order valence-corrected chi connectivity index (χ0v) is 17.6. The molecule has 7 heteroatoms. The van der Waals surface area contributed by atoms with Crippen LogP contribution in [0.25, 0.3) is 20.7 Å². The molecule has 0 bridgehead atoms. The summed E-state index contributed by atoms with van der Waals surface area (Å²) in [5, 5.41) is 13.4. The van der Waals surface area contributed by atoms with Gasteiger partial charge in [0.2, 0.25) is 5.91 Å². The van der Waals surface area contributed by atoms with Gasteiger partial charge in [-0.15, -0.1) is 11.3 Å². The predicted octanol–water partition coefficient (Wildman–Crippen LogP) is 4.84. The number of aryl methyl sites for hydroxylation is 1. The van der Waals surface area contributed by atoms with Crippen molar-refractivity contribution in [2.24, 2.45) is 0 Å². The van der Waals surface area contributed by atoms with Crippen molar-refractivity contribution in [2.45, 2.75) is 13.3 Å². The first-order valence-corrected chi connectivity index (χ1v) is 10.4. The summed E-state index contributed by atoms with van der Waals surface area (Å²) >= 11 is 1.63. The number of rotatable bonds is 6. The molecule has 0 spiro atoms. The number of anilines is 2. The highest BCUT2D eigenvalue weighted by molar-refractivity contribution is 7.21. The van der Waals surface area contributed by atoms with E-state index in [2.05, 4.69) is 33.5 Å². The molecular weight excluding hydrogens is 396 g/mol. The van der Waals surface area contributed by atoms with E-state index in [1.807, 2.05) is 37.1 Å². The molecule has 2 aromatic carbocycles. The molecule has 0 saturated carbocycles. The first kappa shape index (κ1) is 19.8. The van der Waals surface area contributed by atoms with Crippen LogP contribution in [0.2, 0.25) is 0 Å². The first-order chi connectivity index (χ1) is 14.5. The van der Waals surface area contributed by atoms with Crippen LogP contribution >= 0.6 is 11.3 Å². The highest BCUT2D eigenvalue weighted by Crippen LogP contribution is 2.35. The minimum atomic E-state index is -0.0868. The van der Waals surface area contributed by atoms with Crippen LogP contribution in [0.5, 0.6) is 5.75 Å². The summed E-state index contributed by atoms with van der Waals surface area (Å²) < 4.78 is 0. The van der Waals surface area contributed by atoms with Crippen LogP contribution in [0, 0.1) is 6.92 Å². The van der Waals surface area contributed by atoms with Crippen molar-refractivity contribution in [2.75, 3.05) is 23.8 Å². The van der Waals surface area contributed by atoms with Crippen LogP contribution in [0.1, 0.15) is 12.0 Å². The molecule has 4 aromatic rings. The molecule has 152 valence electrons. The molecule has 0 unspecified atom stereocenters. The topological polar surface area (TPSA) is 78.4 Å². The van der Waals surface area contributed by atoms with Crippen LogP contribution in [-0.2, 0) is 4.79 Å². The zero-order chi connectivity index (χ0) is 21.1. The van der Waals surface area contributed by atoms with Crippen LogP contribution < -0.4 is 10.2 Å². The Morgan fingerprint density at radius 1 is 1.13 bits per heavy atom. The van der Waals surface area contributed by atoms with Gasteiger partial charge in [-0.3, -0.25) is 4.79 Å². The normalized spacial score (nSPS) is 10.9. The van der Waals surface area contributed by atoms with Crippen LogP contribution in [0.3, 0.4) is 0 Å². The van der Waals surface area contributed by atoms with Crippen LogP contribution in [0.4, 0.5) is 11.5 Å². The lowest BCUT2D eigenvalue weighted by Gasteiger charge is -2.18. The maximum absolute atomic E-state index is 12.4.